The second-order valence-corrected chi connectivity index (χ2v) is 20.9. The molecule has 11 heteroatoms. The van der Waals surface area contributed by atoms with E-state index in [0.717, 1.165) is 106 Å². The van der Waals surface area contributed by atoms with Gasteiger partial charge in [0.2, 0.25) is 11.8 Å². The largest absolute Gasteiger partial charge is 0.436 e. The molecular weight excluding hydrogens is 1060 g/mol. The van der Waals surface area contributed by atoms with Crippen molar-refractivity contribution >= 4 is 34.6 Å². The maximum Gasteiger partial charge on any atom is 0.227 e. The van der Waals surface area contributed by atoms with Crippen molar-refractivity contribution in [2.24, 2.45) is 5.73 Å². The first-order valence-electron chi connectivity index (χ1n) is 29.0. The molecule has 2 aromatic heterocycles. The van der Waals surface area contributed by atoms with E-state index in [1.54, 1.807) is 0 Å². The molecule has 0 aliphatic heterocycles. The number of nitrogens with one attached hydrogen (secondary N) is 1. The summed E-state index contributed by atoms with van der Waals surface area (Å²) in [6.45, 7) is 4.37. The van der Waals surface area contributed by atoms with Crippen molar-refractivity contribution in [3.05, 3.63) is 288 Å². The third-order valence-electron chi connectivity index (χ3n) is 14.6. The van der Waals surface area contributed by atoms with Crippen LogP contribution in [-0.2, 0) is 50.5 Å². The van der Waals surface area contributed by atoms with Crippen LogP contribution >= 0.6 is 12.4 Å². The first-order chi connectivity index (χ1) is 41.1. The second-order valence-electron chi connectivity index (χ2n) is 20.9. The molecule has 2 heterocycles. The Balaban J connectivity index is 0.000000221. The van der Waals surface area contributed by atoms with Crippen LogP contribution in [0.4, 0.5) is 0 Å². The summed E-state index contributed by atoms with van der Waals surface area (Å²) in [5.41, 5.74) is 19.0. The zero-order valence-corrected chi connectivity index (χ0v) is 48.4. The maximum atomic E-state index is 6.48. The fourth-order valence-electron chi connectivity index (χ4n) is 10.2. The predicted octanol–water partition coefficient (Wildman–Crippen LogP) is 15.8. The van der Waals surface area contributed by atoms with E-state index in [4.69, 9.17) is 33.5 Å². The summed E-state index contributed by atoms with van der Waals surface area (Å²) < 4.78 is 36.2. The van der Waals surface area contributed by atoms with Crippen molar-refractivity contribution in [1.82, 2.24) is 15.3 Å². The fraction of sp³-hybridized carbons (Fsp3) is 0.233. The molecule has 10 nitrogen and oxygen atoms in total. The minimum atomic E-state index is -0.629. The summed E-state index contributed by atoms with van der Waals surface area (Å²) in [5, 5.41) is 4.09. The number of oxazole rings is 2. The van der Waals surface area contributed by atoms with Gasteiger partial charge < -0.3 is 33.5 Å². The number of halogens is 1. The molecule has 2 unspecified atom stereocenters. The van der Waals surface area contributed by atoms with Gasteiger partial charge in [0.05, 0.1) is 57.3 Å². The van der Waals surface area contributed by atoms with E-state index in [1.807, 2.05) is 91.0 Å². The van der Waals surface area contributed by atoms with Crippen LogP contribution < -0.4 is 11.1 Å². The number of benzene rings is 9. The summed E-state index contributed by atoms with van der Waals surface area (Å²) in [6.07, 6.45) is 6.38. The van der Waals surface area contributed by atoms with E-state index in [9.17, 15) is 0 Å². The third-order valence-corrected chi connectivity index (χ3v) is 14.6. The van der Waals surface area contributed by atoms with Gasteiger partial charge in [0.15, 0.2) is 11.2 Å². The molecule has 11 rings (SSSR count). The minimum absolute atomic E-state index is 0. The number of nitrogens with zero attached hydrogens (tertiary/aromatic N) is 2. The number of rotatable bonds is 29. The molecule has 0 spiro atoms. The van der Waals surface area contributed by atoms with E-state index >= 15 is 0 Å². The predicted molar refractivity (Wildman–Crippen MR) is 340 cm³/mol. The summed E-state index contributed by atoms with van der Waals surface area (Å²) in [6, 6.07) is 84.9. The molecule has 11 aromatic rings. The maximum absolute atomic E-state index is 6.48. The molecule has 0 aliphatic carbocycles. The zero-order chi connectivity index (χ0) is 56.6. The quantitative estimate of drug-likeness (QED) is 0.0346. The van der Waals surface area contributed by atoms with Crippen LogP contribution in [0.15, 0.2) is 258 Å². The van der Waals surface area contributed by atoms with E-state index in [-0.39, 0.29) is 24.5 Å². The number of nitrogens with two attached hydrogens (primary N) is 1. The van der Waals surface area contributed by atoms with Gasteiger partial charge >= 0.3 is 0 Å². The molecule has 2 atom stereocenters. The lowest BCUT2D eigenvalue weighted by Gasteiger charge is -2.40. The van der Waals surface area contributed by atoms with Crippen molar-refractivity contribution in [2.45, 2.75) is 69.4 Å². The number of aromatic nitrogens is 2. The number of unbranched alkanes of at least 4 members (excludes halogenated alkanes) is 2. The van der Waals surface area contributed by atoms with Crippen molar-refractivity contribution in [3.8, 4) is 22.9 Å². The van der Waals surface area contributed by atoms with E-state index < -0.39 is 5.54 Å². The van der Waals surface area contributed by atoms with Gasteiger partial charge in [-0.3, -0.25) is 5.32 Å². The molecule has 0 fully saturated rings. The highest BCUT2D eigenvalue weighted by atomic mass is 35.5. The number of aryl methyl sites for hydroxylation is 2. The first kappa shape index (κ1) is 60.6. The Morgan fingerprint density at radius 1 is 0.381 bits per heavy atom. The van der Waals surface area contributed by atoms with E-state index in [0.29, 0.717) is 58.0 Å². The molecule has 0 amide bonds. The summed E-state index contributed by atoms with van der Waals surface area (Å²) >= 11 is 0. The van der Waals surface area contributed by atoms with Crippen LogP contribution in [0, 0.1) is 0 Å². The fourth-order valence-corrected chi connectivity index (χ4v) is 10.2. The molecule has 9 aromatic carbocycles. The van der Waals surface area contributed by atoms with Gasteiger partial charge in [-0.1, -0.05) is 200 Å². The van der Waals surface area contributed by atoms with Crippen LogP contribution in [0.5, 0.6) is 0 Å². The second kappa shape index (κ2) is 32.1. The van der Waals surface area contributed by atoms with Gasteiger partial charge in [-0.25, -0.2) is 9.97 Å². The molecular formula is C73H75ClN4O6. The molecule has 0 saturated heterocycles. The van der Waals surface area contributed by atoms with Gasteiger partial charge in [0.25, 0.3) is 0 Å². The zero-order valence-electron chi connectivity index (χ0n) is 47.6. The normalized spacial score (nSPS) is 12.1. The van der Waals surface area contributed by atoms with Gasteiger partial charge in [-0.15, -0.1) is 12.4 Å². The van der Waals surface area contributed by atoms with Crippen molar-refractivity contribution < 1.29 is 27.8 Å². The minimum Gasteiger partial charge on any atom is -0.436 e. The molecule has 0 aliphatic rings. The lowest BCUT2D eigenvalue weighted by atomic mass is 9.76. The molecule has 0 radical (unpaired) electrons. The van der Waals surface area contributed by atoms with Gasteiger partial charge in [-0.2, -0.15) is 0 Å². The van der Waals surface area contributed by atoms with Crippen LogP contribution in [-0.4, -0.2) is 61.7 Å². The lowest BCUT2D eigenvalue weighted by molar-refractivity contribution is 0.0414. The molecule has 0 saturated carbocycles. The Bertz CT molecular complexity index is 3430. The Morgan fingerprint density at radius 2 is 0.738 bits per heavy atom. The monoisotopic (exact) mass is 1140 g/mol. The van der Waals surface area contributed by atoms with Crippen molar-refractivity contribution in [1.29, 1.82) is 0 Å². The van der Waals surface area contributed by atoms with E-state index in [2.05, 4.69) is 173 Å². The van der Waals surface area contributed by atoms with Crippen LogP contribution in [0.25, 0.3) is 45.1 Å². The number of hydrogen-bond acceptors (Lipinski definition) is 10. The number of para-hydroxylation sites is 4. The summed E-state index contributed by atoms with van der Waals surface area (Å²) in [4.78, 5) is 9.18. The highest BCUT2D eigenvalue weighted by Crippen LogP contribution is 2.37. The molecule has 0 bridgehead atoms. The van der Waals surface area contributed by atoms with Gasteiger partial charge in [-0.05, 0) is 126 Å². The van der Waals surface area contributed by atoms with Crippen LogP contribution in [0.2, 0.25) is 0 Å². The first-order valence-corrected chi connectivity index (χ1v) is 29.0. The van der Waals surface area contributed by atoms with Crippen LogP contribution in [0.3, 0.4) is 0 Å². The highest BCUT2D eigenvalue weighted by molar-refractivity contribution is 5.85. The number of fused-ring (bicyclic) bond motifs is 2. The topological polar surface area (TPSA) is 127 Å². The Hall–Kier alpha value is -8.03. The third kappa shape index (κ3) is 17.3. The highest BCUT2D eigenvalue weighted by Gasteiger charge is 2.38. The lowest BCUT2D eigenvalue weighted by Crippen LogP contribution is -2.53. The number of ether oxygens (including phenoxy) is 4. The summed E-state index contributed by atoms with van der Waals surface area (Å²) in [5.74, 6) is 1.24. The SMILES string of the molecule is Cl.NC(COCCCCc1ccccc1)COCc1ccc(-c2nc3ccccc3o2)cc1.c1ccc(CCCCOCC(COCc2ccc(-c3nc4ccccc4o3)cc2)NC(c2ccccc2)(c2ccccc2)c2ccccc2)cc1. The van der Waals surface area contributed by atoms with Crippen molar-refractivity contribution in [2.75, 3.05) is 39.6 Å². The molecule has 84 heavy (non-hydrogen) atoms. The van der Waals surface area contributed by atoms with Crippen molar-refractivity contribution in [3.63, 3.8) is 0 Å². The Morgan fingerprint density at radius 3 is 1.17 bits per heavy atom. The Kier molecular flexibility index (Phi) is 23.2. The Labute approximate surface area is 500 Å². The molecule has 430 valence electrons. The van der Waals surface area contributed by atoms with E-state index in [1.165, 1.54) is 11.1 Å². The standard InChI is InChI=1S/C46H44N2O3.C27H30N2O3.ClH/c1-5-17-36(18-6-1)19-15-16-32-49-34-42(35-50-33-37-28-30-38(31-29-37)45-47-43-26-13-14-27-44(43)51-45)48-46(39-20-7-2-8-21-39,40-22-9-3-10-23-40)41-24-11-4-12-25-41;28-24(19-30-17-7-6-10-21-8-2-1-3-9-21)20-31-18-22-13-15-23(16-14-22)27-29-25-11-4-5-12-26(25)32-27;/h1-14,17-18,20-31,42,48H,15-16,19,32-35H2;1-5,8-9,11-16,24H,6-7,10,17-20,28H2;1H. The average Bonchev–Trinajstić information content (AvgIpc) is 2.05. The average molecular weight is 1140 g/mol. The molecule has 3 N–H and O–H groups in total. The summed E-state index contributed by atoms with van der Waals surface area (Å²) in [7, 11) is 0. The van der Waals surface area contributed by atoms with Crippen LogP contribution in [0.1, 0.15) is 64.6 Å². The number of hydrogen-bond donors (Lipinski definition) is 2. The smallest absolute Gasteiger partial charge is 0.227 e. The van der Waals surface area contributed by atoms with Gasteiger partial charge in [0, 0.05) is 24.3 Å². The van der Waals surface area contributed by atoms with Gasteiger partial charge in [0.1, 0.15) is 11.0 Å².